The van der Waals surface area contributed by atoms with Gasteiger partial charge in [-0.3, -0.25) is 0 Å². The van der Waals surface area contributed by atoms with Crippen molar-refractivity contribution in [1.29, 1.82) is 0 Å². The summed E-state index contributed by atoms with van der Waals surface area (Å²) in [6, 6.07) is 0. The van der Waals surface area contributed by atoms with Crippen molar-refractivity contribution >= 4 is 11.8 Å². The Morgan fingerprint density at radius 3 is 2.37 bits per heavy atom. The molecule has 19 heavy (non-hydrogen) atoms. The molecule has 0 aromatic carbocycles. The lowest BCUT2D eigenvalue weighted by molar-refractivity contribution is 0.0696. The van der Waals surface area contributed by atoms with Gasteiger partial charge in [-0.2, -0.15) is 0 Å². The van der Waals surface area contributed by atoms with Crippen molar-refractivity contribution in [2.75, 3.05) is 18.0 Å². The van der Waals surface area contributed by atoms with Gasteiger partial charge in [0.1, 0.15) is 17.2 Å². The molecule has 0 atom stereocenters. The Morgan fingerprint density at radius 1 is 1.32 bits per heavy atom. The molecule has 1 N–H and O–H groups in total. The summed E-state index contributed by atoms with van der Waals surface area (Å²) < 4.78 is 0. The average Bonchev–Trinajstić information content (AvgIpc) is 3.22. The summed E-state index contributed by atoms with van der Waals surface area (Å²) >= 11 is 0. The topological polar surface area (TPSA) is 66.3 Å². The lowest BCUT2D eigenvalue weighted by Crippen LogP contribution is -2.31. The highest BCUT2D eigenvalue weighted by atomic mass is 16.4. The molecule has 2 aliphatic rings. The molecule has 0 radical (unpaired) electrons. The van der Waals surface area contributed by atoms with Crippen LogP contribution in [0.2, 0.25) is 0 Å². The fraction of sp³-hybridized carbons (Fsp3) is 0.643. The fourth-order valence-electron chi connectivity index (χ4n) is 2.32. The van der Waals surface area contributed by atoms with E-state index in [2.05, 4.69) is 14.9 Å². The number of aryl methyl sites for hydroxylation is 1. The summed E-state index contributed by atoms with van der Waals surface area (Å²) in [4.78, 5) is 21.9. The minimum absolute atomic E-state index is 0.229. The Labute approximate surface area is 112 Å². The molecule has 0 amide bonds. The van der Waals surface area contributed by atoms with E-state index in [0.717, 1.165) is 24.9 Å². The van der Waals surface area contributed by atoms with Crippen molar-refractivity contribution in [2.45, 2.75) is 32.6 Å². The van der Waals surface area contributed by atoms with E-state index >= 15 is 0 Å². The van der Waals surface area contributed by atoms with Gasteiger partial charge in [0, 0.05) is 19.3 Å². The van der Waals surface area contributed by atoms with Gasteiger partial charge in [-0.15, -0.1) is 0 Å². The molecule has 0 saturated heterocycles. The zero-order chi connectivity index (χ0) is 13.4. The van der Waals surface area contributed by atoms with E-state index in [-0.39, 0.29) is 5.56 Å². The second kappa shape index (κ2) is 4.79. The fourth-order valence-corrected chi connectivity index (χ4v) is 2.32. The predicted octanol–water partition coefficient (Wildman–Crippen LogP) is 2.11. The van der Waals surface area contributed by atoms with Crippen LogP contribution in [-0.2, 0) is 0 Å². The molecular weight excluding hydrogens is 242 g/mol. The molecule has 5 heteroatoms. The third-order valence-corrected chi connectivity index (χ3v) is 3.77. The van der Waals surface area contributed by atoms with E-state index < -0.39 is 5.97 Å². The van der Waals surface area contributed by atoms with Crippen molar-refractivity contribution in [3.8, 4) is 0 Å². The summed E-state index contributed by atoms with van der Waals surface area (Å²) in [5.41, 5.74) is 0.229. The third-order valence-electron chi connectivity index (χ3n) is 3.77. The van der Waals surface area contributed by atoms with E-state index in [1.54, 1.807) is 0 Å². The van der Waals surface area contributed by atoms with Crippen molar-refractivity contribution in [2.24, 2.45) is 11.8 Å². The minimum Gasteiger partial charge on any atom is -0.477 e. The molecule has 5 nitrogen and oxygen atoms in total. The van der Waals surface area contributed by atoms with Gasteiger partial charge in [-0.05, 0) is 44.4 Å². The first kappa shape index (κ1) is 12.4. The number of rotatable bonds is 6. The van der Waals surface area contributed by atoms with Gasteiger partial charge in [0.25, 0.3) is 0 Å². The number of carboxylic acid groups (broad SMARTS) is 1. The SMILES string of the molecule is Cc1ncc(C(=O)O)c(N(CC2CC2)CC2CC2)n1. The van der Waals surface area contributed by atoms with E-state index in [0.29, 0.717) is 11.6 Å². The molecule has 2 fully saturated rings. The van der Waals surface area contributed by atoms with Crippen molar-refractivity contribution < 1.29 is 9.90 Å². The van der Waals surface area contributed by atoms with E-state index in [1.165, 1.54) is 31.9 Å². The Kier molecular flexibility index (Phi) is 3.12. The number of hydrogen-bond acceptors (Lipinski definition) is 4. The standard InChI is InChI=1S/C14H19N3O2/c1-9-15-6-12(14(18)19)13(16-9)17(7-10-2-3-10)8-11-4-5-11/h6,10-11H,2-5,7-8H2,1H3,(H,18,19). The van der Waals surface area contributed by atoms with E-state index in [4.69, 9.17) is 0 Å². The lowest BCUT2D eigenvalue weighted by Gasteiger charge is -2.25. The molecule has 0 bridgehead atoms. The second-order valence-corrected chi connectivity index (χ2v) is 5.75. The number of carbonyl (C=O) groups is 1. The molecule has 0 spiro atoms. The van der Waals surface area contributed by atoms with Gasteiger partial charge < -0.3 is 10.0 Å². The monoisotopic (exact) mass is 261 g/mol. The summed E-state index contributed by atoms with van der Waals surface area (Å²) in [6.45, 7) is 3.68. The minimum atomic E-state index is -0.938. The highest BCUT2D eigenvalue weighted by Gasteiger charge is 2.31. The molecule has 2 aliphatic carbocycles. The van der Waals surface area contributed by atoms with Crippen LogP contribution in [0.25, 0.3) is 0 Å². The zero-order valence-corrected chi connectivity index (χ0v) is 11.2. The molecule has 0 aliphatic heterocycles. The first-order valence-corrected chi connectivity index (χ1v) is 6.95. The van der Waals surface area contributed by atoms with Gasteiger partial charge in [0.2, 0.25) is 0 Å². The smallest absolute Gasteiger partial charge is 0.341 e. The van der Waals surface area contributed by atoms with Crippen LogP contribution in [0.1, 0.15) is 41.9 Å². The van der Waals surface area contributed by atoms with Crippen LogP contribution in [0.4, 0.5) is 5.82 Å². The van der Waals surface area contributed by atoms with Crippen LogP contribution in [0, 0.1) is 18.8 Å². The average molecular weight is 261 g/mol. The molecule has 1 heterocycles. The molecule has 102 valence electrons. The quantitative estimate of drug-likeness (QED) is 0.849. The first-order chi connectivity index (χ1) is 9.13. The molecule has 3 rings (SSSR count). The summed E-state index contributed by atoms with van der Waals surface area (Å²) in [5.74, 6) is 1.74. The van der Waals surface area contributed by atoms with Crippen LogP contribution in [0.15, 0.2) is 6.20 Å². The van der Waals surface area contributed by atoms with Crippen LogP contribution >= 0.6 is 0 Å². The van der Waals surface area contributed by atoms with Gasteiger partial charge in [0.15, 0.2) is 0 Å². The first-order valence-electron chi connectivity index (χ1n) is 6.95. The number of carboxylic acids is 1. The highest BCUT2D eigenvalue weighted by Crippen LogP contribution is 2.36. The second-order valence-electron chi connectivity index (χ2n) is 5.75. The molecule has 2 saturated carbocycles. The Morgan fingerprint density at radius 2 is 1.89 bits per heavy atom. The summed E-state index contributed by atoms with van der Waals surface area (Å²) in [5, 5.41) is 9.30. The maximum Gasteiger partial charge on any atom is 0.341 e. The summed E-state index contributed by atoms with van der Waals surface area (Å²) in [6.07, 6.45) is 6.47. The maximum absolute atomic E-state index is 11.3. The highest BCUT2D eigenvalue weighted by molar-refractivity contribution is 5.93. The van der Waals surface area contributed by atoms with Crippen molar-refractivity contribution in [3.05, 3.63) is 17.6 Å². The largest absolute Gasteiger partial charge is 0.477 e. The summed E-state index contributed by atoms with van der Waals surface area (Å²) in [7, 11) is 0. The van der Waals surface area contributed by atoms with E-state index in [9.17, 15) is 9.90 Å². The number of hydrogen-bond donors (Lipinski definition) is 1. The Bertz CT molecular complexity index is 481. The van der Waals surface area contributed by atoms with Crippen LogP contribution in [0.3, 0.4) is 0 Å². The third kappa shape index (κ3) is 3.03. The number of anilines is 1. The van der Waals surface area contributed by atoms with Gasteiger partial charge in [-0.1, -0.05) is 0 Å². The number of nitrogens with zero attached hydrogens (tertiary/aromatic N) is 3. The maximum atomic E-state index is 11.3. The molecule has 0 unspecified atom stereocenters. The molecular formula is C14H19N3O2. The molecule has 1 aromatic rings. The lowest BCUT2D eigenvalue weighted by atomic mass is 10.2. The van der Waals surface area contributed by atoms with Gasteiger partial charge in [0.05, 0.1) is 0 Å². The van der Waals surface area contributed by atoms with Gasteiger partial charge >= 0.3 is 5.97 Å². The zero-order valence-electron chi connectivity index (χ0n) is 11.2. The van der Waals surface area contributed by atoms with Crippen LogP contribution < -0.4 is 4.90 Å². The van der Waals surface area contributed by atoms with Crippen molar-refractivity contribution in [3.63, 3.8) is 0 Å². The number of aromatic carboxylic acids is 1. The number of aromatic nitrogens is 2. The molecule has 1 aromatic heterocycles. The van der Waals surface area contributed by atoms with E-state index in [1.807, 2.05) is 6.92 Å². The van der Waals surface area contributed by atoms with Crippen molar-refractivity contribution in [1.82, 2.24) is 9.97 Å². The van der Waals surface area contributed by atoms with Gasteiger partial charge in [-0.25, -0.2) is 14.8 Å². The Hall–Kier alpha value is -1.65. The normalized spacial score (nSPS) is 18.4. The predicted molar refractivity (Wildman–Crippen MR) is 71.4 cm³/mol. The van der Waals surface area contributed by atoms with Crippen LogP contribution in [0.5, 0.6) is 0 Å². The Balaban J connectivity index is 1.89. The van der Waals surface area contributed by atoms with Crippen LogP contribution in [-0.4, -0.2) is 34.1 Å².